The molecule has 1 amide bonds. The summed E-state index contributed by atoms with van der Waals surface area (Å²) in [5.41, 5.74) is 5.29. The Morgan fingerprint density at radius 2 is 2.21 bits per heavy atom. The molecule has 0 rings (SSSR count). The Labute approximate surface area is 86.8 Å². The molecule has 0 aliphatic carbocycles. The summed E-state index contributed by atoms with van der Waals surface area (Å²) in [6.07, 6.45) is 2.27. The standard InChI is InChI=1S/C10H23N3O/c1-4-5-9(2)13(3)8-10(14)12-7-6-11/h9H,4-8,11H2,1-3H3,(H,12,14). The number of rotatable bonds is 7. The number of hydrogen-bond acceptors (Lipinski definition) is 3. The number of nitrogens with one attached hydrogen (secondary N) is 1. The molecule has 1 unspecified atom stereocenters. The molecular formula is C10H23N3O. The van der Waals surface area contributed by atoms with E-state index in [-0.39, 0.29) is 5.91 Å². The maximum atomic E-state index is 11.3. The van der Waals surface area contributed by atoms with Gasteiger partial charge in [-0.15, -0.1) is 0 Å². The van der Waals surface area contributed by atoms with Crippen LogP contribution in [-0.2, 0) is 4.79 Å². The average molecular weight is 201 g/mol. The second kappa shape index (κ2) is 7.76. The molecule has 0 fully saturated rings. The first-order valence-corrected chi connectivity index (χ1v) is 5.28. The molecule has 14 heavy (non-hydrogen) atoms. The topological polar surface area (TPSA) is 58.4 Å². The Morgan fingerprint density at radius 3 is 2.71 bits per heavy atom. The lowest BCUT2D eigenvalue weighted by molar-refractivity contribution is -0.122. The van der Waals surface area contributed by atoms with Crippen LogP contribution in [0, 0.1) is 0 Å². The van der Waals surface area contributed by atoms with Crippen molar-refractivity contribution in [3.8, 4) is 0 Å². The first-order chi connectivity index (χ1) is 6.61. The largest absolute Gasteiger partial charge is 0.354 e. The molecule has 0 heterocycles. The van der Waals surface area contributed by atoms with Gasteiger partial charge in [-0.05, 0) is 20.4 Å². The number of carbonyl (C=O) groups is 1. The Morgan fingerprint density at radius 1 is 1.57 bits per heavy atom. The van der Waals surface area contributed by atoms with Crippen molar-refractivity contribution in [2.75, 3.05) is 26.7 Å². The molecule has 0 aliphatic heterocycles. The van der Waals surface area contributed by atoms with Gasteiger partial charge in [0.25, 0.3) is 0 Å². The van der Waals surface area contributed by atoms with E-state index in [1.807, 2.05) is 7.05 Å². The minimum absolute atomic E-state index is 0.0564. The van der Waals surface area contributed by atoms with Crippen molar-refractivity contribution in [1.82, 2.24) is 10.2 Å². The second-order valence-corrected chi connectivity index (χ2v) is 3.69. The third-order valence-corrected chi connectivity index (χ3v) is 2.32. The highest BCUT2D eigenvalue weighted by Gasteiger charge is 2.11. The summed E-state index contributed by atoms with van der Waals surface area (Å²) >= 11 is 0. The lowest BCUT2D eigenvalue weighted by Crippen LogP contribution is -2.40. The molecule has 0 spiro atoms. The number of nitrogens with two attached hydrogens (primary N) is 1. The van der Waals surface area contributed by atoms with Gasteiger partial charge >= 0.3 is 0 Å². The van der Waals surface area contributed by atoms with Crippen LogP contribution in [0.25, 0.3) is 0 Å². The van der Waals surface area contributed by atoms with Crippen LogP contribution < -0.4 is 11.1 Å². The first kappa shape index (κ1) is 13.4. The number of amides is 1. The lowest BCUT2D eigenvalue weighted by atomic mass is 10.2. The van der Waals surface area contributed by atoms with Gasteiger partial charge in [0.2, 0.25) is 5.91 Å². The third-order valence-electron chi connectivity index (χ3n) is 2.32. The van der Waals surface area contributed by atoms with Crippen LogP contribution >= 0.6 is 0 Å². The van der Waals surface area contributed by atoms with Gasteiger partial charge in [0.05, 0.1) is 6.54 Å². The molecule has 3 N–H and O–H groups in total. The molecule has 4 heteroatoms. The smallest absolute Gasteiger partial charge is 0.234 e. The van der Waals surface area contributed by atoms with Gasteiger partial charge < -0.3 is 11.1 Å². The Hall–Kier alpha value is -0.610. The molecule has 0 aromatic rings. The number of carbonyl (C=O) groups excluding carboxylic acids is 1. The van der Waals surface area contributed by atoms with Crippen LogP contribution in [0.1, 0.15) is 26.7 Å². The van der Waals surface area contributed by atoms with E-state index in [4.69, 9.17) is 5.73 Å². The van der Waals surface area contributed by atoms with Crippen molar-refractivity contribution >= 4 is 5.91 Å². The summed E-state index contributed by atoms with van der Waals surface area (Å²) in [5, 5.41) is 2.75. The molecule has 0 radical (unpaired) electrons. The van der Waals surface area contributed by atoms with Crippen molar-refractivity contribution in [3.63, 3.8) is 0 Å². The average Bonchev–Trinajstić information content (AvgIpc) is 2.15. The lowest BCUT2D eigenvalue weighted by Gasteiger charge is -2.23. The molecular weight excluding hydrogens is 178 g/mol. The van der Waals surface area contributed by atoms with E-state index in [0.717, 1.165) is 12.8 Å². The molecule has 0 aromatic carbocycles. The first-order valence-electron chi connectivity index (χ1n) is 5.28. The fourth-order valence-corrected chi connectivity index (χ4v) is 1.29. The molecule has 0 saturated heterocycles. The van der Waals surface area contributed by atoms with E-state index >= 15 is 0 Å². The number of nitrogens with zero attached hydrogens (tertiary/aromatic N) is 1. The Bertz CT molecular complexity index is 161. The summed E-state index contributed by atoms with van der Waals surface area (Å²) < 4.78 is 0. The zero-order valence-corrected chi connectivity index (χ0v) is 9.55. The van der Waals surface area contributed by atoms with Crippen molar-refractivity contribution in [3.05, 3.63) is 0 Å². The summed E-state index contributed by atoms with van der Waals surface area (Å²) in [7, 11) is 1.97. The number of likely N-dealkylation sites (N-methyl/N-ethyl adjacent to an activating group) is 1. The van der Waals surface area contributed by atoms with Gasteiger partial charge in [-0.2, -0.15) is 0 Å². The van der Waals surface area contributed by atoms with Crippen molar-refractivity contribution in [1.29, 1.82) is 0 Å². The SMILES string of the molecule is CCCC(C)N(C)CC(=O)NCCN. The van der Waals surface area contributed by atoms with Gasteiger partial charge in [-0.25, -0.2) is 0 Å². The predicted molar refractivity (Wildman–Crippen MR) is 59.1 cm³/mol. The van der Waals surface area contributed by atoms with Gasteiger partial charge in [0, 0.05) is 19.1 Å². The van der Waals surface area contributed by atoms with E-state index in [9.17, 15) is 4.79 Å². The third kappa shape index (κ3) is 5.94. The fraction of sp³-hybridized carbons (Fsp3) is 0.900. The number of hydrogen-bond donors (Lipinski definition) is 2. The fourth-order valence-electron chi connectivity index (χ4n) is 1.29. The van der Waals surface area contributed by atoms with E-state index in [2.05, 4.69) is 24.1 Å². The van der Waals surface area contributed by atoms with E-state index in [1.165, 1.54) is 0 Å². The molecule has 1 atom stereocenters. The molecule has 0 aromatic heterocycles. The highest BCUT2D eigenvalue weighted by Crippen LogP contribution is 2.02. The van der Waals surface area contributed by atoms with Gasteiger partial charge in [0.15, 0.2) is 0 Å². The maximum absolute atomic E-state index is 11.3. The van der Waals surface area contributed by atoms with Crippen LogP contribution in [0.5, 0.6) is 0 Å². The monoisotopic (exact) mass is 201 g/mol. The molecule has 84 valence electrons. The summed E-state index contributed by atoms with van der Waals surface area (Å²) in [5.74, 6) is 0.0564. The second-order valence-electron chi connectivity index (χ2n) is 3.69. The minimum atomic E-state index is 0.0564. The van der Waals surface area contributed by atoms with Gasteiger partial charge in [-0.3, -0.25) is 9.69 Å². The highest BCUT2D eigenvalue weighted by atomic mass is 16.2. The highest BCUT2D eigenvalue weighted by molar-refractivity contribution is 5.77. The summed E-state index contributed by atoms with van der Waals surface area (Å²) in [6, 6.07) is 0.462. The quantitative estimate of drug-likeness (QED) is 0.618. The van der Waals surface area contributed by atoms with E-state index < -0.39 is 0 Å². The van der Waals surface area contributed by atoms with Crippen LogP contribution in [0.3, 0.4) is 0 Å². The Kier molecular flexibility index (Phi) is 7.42. The van der Waals surface area contributed by atoms with Gasteiger partial charge in [-0.1, -0.05) is 13.3 Å². The van der Waals surface area contributed by atoms with Crippen LogP contribution in [0.15, 0.2) is 0 Å². The van der Waals surface area contributed by atoms with Gasteiger partial charge in [0.1, 0.15) is 0 Å². The normalized spacial score (nSPS) is 12.9. The van der Waals surface area contributed by atoms with Crippen LogP contribution in [0.4, 0.5) is 0 Å². The molecule has 0 aliphatic rings. The minimum Gasteiger partial charge on any atom is -0.354 e. The molecule has 0 bridgehead atoms. The zero-order chi connectivity index (χ0) is 11.0. The molecule has 4 nitrogen and oxygen atoms in total. The Balaban J connectivity index is 3.69. The van der Waals surface area contributed by atoms with E-state index in [0.29, 0.717) is 25.7 Å². The van der Waals surface area contributed by atoms with Crippen molar-refractivity contribution in [2.45, 2.75) is 32.7 Å². The van der Waals surface area contributed by atoms with E-state index in [1.54, 1.807) is 0 Å². The predicted octanol–water partition coefficient (Wildman–Crippen LogP) is 0.182. The van der Waals surface area contributed by atoms with Crippen molar-refractivity contribution in [2.24, 2.45) is 5.73 Å². The van der Waals surface area contributed by atoms with Crippen LogP contribution in [-0.4, -0.2) is 43.5 Å². The zero-order valence-electron chi connectivity index (χ0n) is 9.55. The summed E-state index contributed by atoms with van der Waals surface area (Å²) in [4.78, 5) is 13.4. The van der Waals surface area contributed by atoms with Crippen LogP contribution in [0.2, 0.25) is 0 Å². The summed E-state index contributed by atoms with van der Waals surface area (Å²) in [6.45, 7) is 5.81. The van der Waals surface area contributed by atoms with Crippen molar-refractivity contribution < 1.29 is 4.79 Å². The molecule has 0 saturated carbocycles. The maximum Gasteiger partial charge on any atom is 0.234 e.